The second-order valence-electron chi connectivity index (χ2n) is 20.7. The van der Waals surface area contributed by atoms with Crippen LogP contribution in [0.4, 0.5) is 0 Å². The van der Waals surface area contributed by atoms with Crippen molar-refractivity contribution in [1.29, 1.82) is 0 Å². The average Bonchev–Trinajstić information content (AvgIpc) is 3.54. The molecule has 8 nitrogen and oxygen atoms in total. The number of aliphatic carboxylic acids is 1. The van der Waals surface area contributed by atoms with E-state index in [1.54, 1.807) is 11.1 Å². The highest BCUT2D eigenvalue weighted by atomic mass is 35.5. The number of hydrogen-bond donors (Lipinski definition) is 7. The molecule has 316 valence electrons. The van der Waals surface area contributed by atoms with Gasteiger partial charge < -0.3 is 36.2 Å². The quantitative estimate of drug-likeness (QED) is 0.124. The fraction of sp³-hybridized carbons (Fsp3) is 0.933. The van der Waals surface area contributed by atoms with Crippen LogP contribution in [0.25, 0.3) is 0 Å². The summed E-state index contributed by atoms with van der Waals surface area (Å²) >= 11 is 0. The number of aliphatic hydroxyl groups is 4. The number of rotatable bonds is 8. The molecule has 0 saturated heterocycles. The molecule has 12 atom stereocenters. The molecule has 0 aromatic carbocycles. The van der Waals surface area contributed by atoms with Crippen molar-refractivity contribution in [2.24, 2.45) is 68.5 Å². The van der Waals surface area contributed by atoms with Gasteiger partial charge in [-0.15, -0.1) is 12.4 Å². The Kier molecular flexibility index (Phi) is 16.7. The van der Waals surface area contributed by atoms with Crippen LogP contribution in [0.2, 0.25) is 0 Å². The smallest absolute Gasteiger partial charge is 0.300 e. The van der Waals surface area contributed by atoms with Gasteiger partial charge in [-0.25, -0.2) is 0 Å². The van der Waals surface area contributed by atoms with Gasteiger partial charge in [-0.05, 0) is 179 Å². The highest BCUT2D eigenvalue weighted by Gasteiger charge is 2.60. The van der Waals surface area contributed by atoms with E-state index in [9.17, 15) is 20.4 Å². The molecule has 0 aliphatic heterocycles. The number of carboxylic acid groups (broad SMARTS) is 1. The summed E-state index contributed by atoms with van der Waals surface area (Å²) in [5.74, 6) is 3.03. The lowest BCUT2D eigenvalue weighted by Gasteiger charge is -2.58. The van der Waals surface area contributed by atoms with E-state index in [0.717, 1.165) is 64.5 Å². The fourth-order valence-corrected chi connectivity index (χ4v) is 13.6. The van der Waals surface area contributed by atoms with Gasteiger partial charge in [0.2, 0.25) is 0 Å². The van der Waals surface area contributed by atoms with Crippen molar-refractivity contribution in [2.75, 3.05) is 40.4 Å². The summed E-state index contributed by atoms with van der Waals surface area (Å²) in [6, 6.07) is 0. The van der Waals surface area contributed by atoms with Crippen molar-refractivity contribution < 1.29 is 30.3 Å². The topological polar surface area (TPSA) is 142 Å². The van der Waals surface area contributed by atoms with Crippen molar-refractivity contribution in [3.05, 3.63) is 11.1 Å². The minimum absolute atomic E-state index is 0. The van der Waals surface area contributed by atoms with E-state index in [1.807, 2.05) is 0 Å². The second kappa shape index (κ2) is 18.9. The Morgan fingerprint density at radius 2 is 1.19 bits per heavy atom. The summed E-state index contributed by atoms with van der Waals surface area (Å²) in [4.78, 5) is 9.00. The van der Waals surface area contributed by atoms with Crippen LogP contribution in [0.3, 0.4) is 0 Å². The van der Waals surface area contributed by atoms with E-state index in [0.29, 0.717) is 39.9 Å². The van der Waals surface area contributed by atoms with E-state index in [2.05, 4.69) is 73.2 Å². The van der Waals surface area contributed by atoms with Gasteiger partial charge in [-0.2, -0.15) is 0 Å². The van der Waals surface area contributed by atoms with Crippen LogP contribution in [0.1, 0.15) is 145 Å². The average molecular weight is 784 g/mol. The van der Waals surface area contributed by atoms with Crippen LogP contribution in [0.5, 0.6) is 0 Å². The third kappa shape index (κ3) is 9.42. The van der Waals surface area contributed by atoms with Gasteiger partial charge >= 0.3 is 0 Å². The molecule has 4 fully saturated rings. The Balaban J connectivity index is 0.000000260. The van der Waals surface area contributed by atoms with E-state index >= 15 is 0 Å². The molecule has 0 unspecified atom stereocenters. The fourth-order valence-electron chi connectivity index (χ4n) is 13.6. The molecule has 4 saturated carbocycles. The number of halogens is 1. The van der Waals surface area contributed by atoms with E-state index < -0.39 is 5.97 Å². The molecular formula is C45H83ClN2O6. The van der Waals surface area contributed by atoms with Crippen molar-refractivity contribution in [3.8, 4) is 0 Å². The zero-order valence-corrected chi connectivity index (χ0v) is 36.8. The summed E-state index contributed by atoms with van der Waals surface area (Å²) in [7, 11) is 4.17. The molecule has 0 aromatic heterocycles. The molecule has 0 heterocycles. The van der Waals surface area contributed by atoms with Gasteiger partial charge in [0, 0.05) is 26.7 Å². The first-order valence-corrected chi connectivity index (χ1v) is 21.5. The number of carboxylic acids is 1. The van der Waals surface area contributed by atoms with Crippen molar-refractivity contribution in [2.45, 2.75) is 157 Å². The molecule has 9 heteroatoms. The summed E-state index contributed by atoms with van der Waals surface area (Å²) < 4.78 is 0. The molecule has 0 radical (unpaired) electrons. The first-order chi connectivity index (χ1) is 24.8. The SMILES string of the molecule is CC(=O)O.CNC[C@@H]1[C@@H]([C@@]2(C)CC[C@H](O)C[C@@H]2CO)CC[C@@]2(C)[C@H]1CCC2(C)C.CNC[C@H]1C2=C(CC[C@@H]1[C@@]1(C)CC[C@H](O)C[C@@H]1CO)C(C)(C)CC2.Cl. The molecule has 0 amide bonds. The second-order valence-corrected chi connectivity index (χ2v) is 20.7. The molecule has 6 rings (SSSR count). The molecule has 0 bridgehead atoms. The number of aliphatic hydroxyl groups excluding tert-OH is 4. The Labute approximate surface area is 335 Å². The lowest BCUT2D eigenvalue weighted by Crippen LogP contribution is -2.54. The lowest BCUT2D eigenvalue weighted by atomic mass is 9.47. The van der Waals surface area contributed by atoms with Crippen LogP contribution in [-0.2, 0) is 4.79 Å². The predicted octanol–water partition coefficient (Wildman–Crippen LogP) is 7.86. The number of hydrogen-bond acceptors (Lipinski definition) is 7. The summed E-state index contributed by atoms with van der Waals surface area (Å²) in [6.07, 6.45) is 15.4. The van der Waals surface area contributed by atoms with Crippen molar-refractivity contribution >= 4 is 18.4 Å². The number of allylic oxidation sites excluding steroid dienone is 1. The number of nitrogens with one attached hydrogen (secondary N) is 2. The normalized spacial score (nSPS) is 42.3. The van der Waals surface area contributed by atoms with Crippen LogP contribution in [-0.4, -0.2) is 84.1 Å². The first-order valence-electron chi connectivity index (χ1n) is 21.5. The van der Waals surface area contributed by atoms with Crippen molar-refractivity contribution in [3.63, 3.8) is 0 Å². The lowest BCUT2D eigenvalue weighted by molar-refractivity contribution is -0.134. The standard InChI is InChI=1S/C22H41NO2.C21H37NO2.C2H4O2.ClH/c1-20(2)9-7-19-17(13-23-5)18(8-11-22(19,20)4)21(3)10-6-16(25)12-15(21)14-24;1-20(2)9-8-16-17(12-22-4)19(6-5-18(16)20)21(3)10-7-15(24)11-14(21)13-23;1-2(3)4;/h15-19,23-25H,6-14H2,1-5H3;14-15,17,19,22-24H,5-13H2,1-4H3;1H3,(H,3,4);1H/t15-,16+,17-,18+,19+,21+,22+;14-,15+,17+,19+,21+;;/m11../s1. The summed E-state index contributed by atoms with van der Waals surface area (Å²) in [5, 5.41) is 54.7. The highest BCUT2D eigenvalue weighted by molar-refractivity contribution is 5.85. The largest absolute Gasteiger partial charge is 0.481 e. The van der Waals surface area contributed by atoms with Crippen molar-refractivity contribution in [1.82, 2.24) is 10.6 Å². The van der Waals surface area contributed by atoms with E-state index in [4.69, 9.17) is 9.90 Å². The summed E-state index contributed by atoms with van der Waals surface area (Å²) in [6.45, 7) is 20.9. The number of fused-ring (bicyclic) bond motifs is 1. The Hall–Kier alpha value is -0.740. The number of carbonyl (C=O) groups is 1. The minimum atomic E-state index is -0.833. The molecule has 0 aromatic rings. The maximum atomic E-state index is 10.1. The van der Waals surface area contributed by atoms with E-state index in [-0.39, 0.29) is 60.5 Å². The highest BCUT2D eigenvalue weighted by Crippen LogP contribution is 2.67. The minimum Gasteiger partial charge on any atom is -0.481 e. The van der Waals surface area contributed by atoms with Gasteiger partial charge in [0.1, 0.15) is 0 Å². The third-order valence-corrected chi connectivity index (χ3v) is 17.3. The first kappa shape index (κ1) is 47.6. The Bertz CT molecular complexity index is 1250. The van der Waals surface area contributed by atoms with E-state index in [1.165, 1.54) is 51.4 Å². The molecule has 54 heavy (non-hydrogen) atoms. The maximum Gasteiger partial charge on any atom is 0.300 e. The zero-order valence-electron chi connectivity index (χ0n) is 36.0. The summed E-state index contributed by atoms with van der Waals surface area (Å²) in [5.41, 5.74) is 5.06. The third-order valence-electron chi connectivity index (χ3n) is 17.3. The van der Waals surface area contributed by atoms with Gasteiger partial charge in [0.25, 0.3) is 5.97 Å². The molecular weight excluding hydrogens is 700 g/mol. The molecule has 7 N–H and O–H groups in total. The van der Waals surface area contributed by atoms with Crippen LogP contribution < -0.4 is 10.6 Å². The maximum absolute atomic E-state index is 10.1. The predicted molar refractivity (Wildman–Crippen MR) is 223 cm³/mol. The van der Waals surface area contributed by atoms with Gasteiger partial charge in [0.05, 0.1) is 12.2 Å². The zero-order chi connectivity index (χ0) is 39.6. The van der Waals surface area contributed by atoms with Crippen LogP contribution in [0, 0.1) is 68.5 Å². The van der Waals surface area contributed by atoms with Gasteiger partial charge in [-0.1, -0.05) is 59.6 Å². The monoisotopic (exact) mass is 783 g/mol. The Morgan fingerprint density at radius 3 is 1.69 bits per heavy atom. The van der Waals surface area contributed by atoms with Gasteiger partial charge in [0.15, 0.2) is 0 Å². The van der Waals surface area contributed by atoms with Crippen LogP contribution >= 0.6 is 12.4 Å². The molecule has 6 aliphatic carbocycles. The van der Waals surface area contributed by atoms with Gasteiger partial charge in [-0.3, -0.25) is 4.79 Å². The van der Waals surface area contributed by atoms with Crippen LogP contribution in [0.15, 0.2) is 11.1 Å². The Morgan fingerprint density at radius 1 is 0.685 bits per heavy atom. The molecule has 6 aliphatic rings. The molecule has 0 spiro atoms.